The molecule has 3 nitrogen and oxygen atoms in total. The van der Waals surface area contributed by atoms with Crippen molar-refractivity contribution in [1.82, 2.24) is 0 Å². The molecule has 2 aromatic carbocycles. The maximum absolute atomic E-state index is 12.1. The van der Waals surface area contributed by atoms with Crippen LogP contribution in [0, 0.1) is 6.92 Å². The Labute approximate surface area is 123 Å². The summed E-state index contributed by atoms with van der Waals surface area (Å²) >= 11 is 5.90. The van der Waals surface area contributed by atoms with Crippen molar-refractivity contribution in [1.29, 1.82) is 0 Å². The number of halogens is 1. The number of nitrogens with zero attached hydrogens (tertiary/aromatic N) is 1. The summed E-state index contributed by atoms with van der Waals surface area (Å²) in [6.45, 7) is 2.00. The highest BCUT2D eigenvalue weighted by Crippen LogP contribution is 2.38. The summed E-state index contributed by atoms with van der Waals surface area (Å²) in [6.07, 6.45) is 0. The first-order valence-corrected chi connectivity index (χ1v) is 6.86. The molecule has 0 unspecified atom stereocenters. The number of hydrogen-bond acceptors (Lipinski definition) is 2. The Bertz CT molecular complexity index is 654. The van der Waals surface area contributed by atoms with E-state index in [0.29, 0.717) is 5.02 Å². The van der Waals surface area contributed by atoms with Crippen molar-refractivity contribution in [3.8, 4) is 0 Å². The number of rotatable bonds is 2. The molecule has 1 saturated heterocycles. The molecule has 20 heavy (non-hydrogen) atoms. The van der Waals surface area contributed by atoms with E-state index in [1.807, 2.05) is 55.5 Å². The Kier molecular flexibility index (Phi) is 3.24. The van der Waals surface area contributed by atoms with Crippen LogP contribution in [0.5, 0.6) is 0 Å². The molecule has 1 aliphatic rings. The lowest BCUT2D eigenvalue weighted by Crippen LogP contribution is -2.63. The van der Waals surface area contributed by atoms with Gasteiger partial charge in [-0.15, -0.1) is 0 Å². The van der Waals surface area contributed by atoms with Gasteiger partial charge in [0.1, 0.15) is 6.04 Å². The zero-order valence-electron chi connectivity index (χ0n) is 11.1. The Morgan fingerprint density at radius 3 is 2.50 bits per heavy atom. The van der Waals surface area contributed by atoms with Gasteiger partial charge >= 0.3 is 0 Å². The fraction of sp³-hybridized carbons (Fsp3) is 0.188. The summed E-state index contributed by atoms with van der Waals surface area (Å²) in [5.41, 5.74) is 8.98. The van der Waals surface area contributed by atoms with Crippen molar-refractivity contribution >= 4 is 23.2 Å². The van der Waals surface area contributed by atoms with Crippen LogP contribution in [0.4, 0.5) is 5.69 Å². The number of amides is 1. The number of carbonyl (C=O) groups is 1. The second kappa shape index (κ2) is 4.93. The zero-order valence-corrected chi connectivity index (χ0v) is 11.8. The predicted molar refractivity (Wildman–Crippen MR) is 80.8 cm³/mol. The highest BCUT2D eigenvalue weighted by molar-refractivity contribution is 6.30. The van der Waals surface area contributed by atoms with Gasteiger partial charge in [-0.05, 0) is 42.3 Å². The highest BCUT2D eigenvalue weighted by Gasteiger charge is 2.46. The Morgan fingerprint density at radius 1 is 1.15 bits per heavy atom. The molecule has 0 bridgehead atoms. The van der Waals surface area contributed by atoms with Crippen LogP contribution in [0.3, 0.4) is 0 Å². The summed E-state index contributed by atoms with van der Waals surface area (Å²) in [7, 11) is 0. The van der Waals surface area contributed by atoms with E-state index in [1.165, 1.54) is 0 Å². The standard InChI is InChI=1S/C16H15ClN2O/c1-10-3-2-4-13(9-10)19-15(14(18)16(19)20)11-5-7-12(17)8-6-11/h2-9,14-15H,18H2,1H3/t14-,15+/m0/s1. The maximum atomic E-state index is 12.1. The lowest BCUT2D eigenvalue weighted by Gasteiger charge is -2.45. The van der Waals surface area contributed by atoms with Crippen molar-refractivity contribution in [2.24, 2.45) is 5.73 Å². The summed E-state index contributed by atoms with van der Waals surface area (Å²) in [5.74, 6) is -0.0458. The molecular formula is C16H15ClN2O. The molecule has 0 aliphatic carbocycles. The topological polar surface area (TPSA) is 46.3 Å². The molecule has 102 valence electrons. The monoisotopic (exact) mass is 286 g/mol. The molecule has 1 heterocycles. The van der Waals surface area contributed by atoms with E-state index in [1.54, 1.807) is 4.90 Å². The summed E-state index contributed by atoms with van der Waals surface area (Å²) in [4.78, 5) is 13.8. The van der Waals surface area contributed by atoms with Gasteiger partial charge < -0.3 is 10.6 Å². The lowest BCUT2D eigenvalue weighted by atomic mass is 9.88. The third kappa shape index (κ3) is 2.09. The third-order valence-corrected chi connectivity index (χ3v) is 3.88. The molecule has 4 heteroatoms. The first-order valence-electron chi connectivity index (χ1n) is 6.49. The van der Waals surface area contributed by atoms with Crippen molar-refractivity contribution in [3.63, 3.8) is 0 Å². The van der Waals surface area contributed by atoms with Gasteiger partial charge in [0.15, 0.2) is 0 Å². The molecule has 0 spiro atoms. The SMILES string of the molecule is Cc1cccc(N2C(=O)[C@@H](N)[C@H]2c2ccc(Cl)cc2)c1. The smallest absolute Gasteiger partial charge is 0.247 e. The van der Waals surface area contributed by atoms with Gasteiger partial charge in [0.25, 0.3) is 0 Å². The van der Waals surface area contributed by atoms with E-state index in [0.717, 1.165) is 16.8 Å². The Balaban J connectivity index is 1.97. The molecule has 1 fully saturated rings. The molecule has 0 aromatic heterocycles. The van der Waals surface area contributed by atoms with E-state index in [2.05, 4.69) is 0 Å². The van der Waals surface area contributed by atoms with Crippen LogP contribution in [0.15, 0.2) is 48.5 Å². The van der Waals surface area contributed by atoms with Gasteiger partial charge in [-0.1, -0.05) is 35.9 Å². The number of nitrogens with two attached hydrogens (primary N) is 1. The number of benzene rings is 2. The van der Waals surface area contributed by atoms with Gasteiger partial charge in [0, 0.05) is 10.7 Å². The molecule has 0 radical (unpaired) electrons. The fourth-order valence-electron chi connectivity index (χ4n) is 2.59. The number of hydrogen-bond donors (Lipinski definition) is 1. The molecule has 0 saturated carbocycles. The second-order valence-electron chi connectivity index (χ2n) is 5.07. The average Bonchev–Trinajstić information content (AvgIpc) is 2.45. The van der Waals surface area contributed by atoms with Crippen LogP contribution < -0.4 is 10.6 Å². The lowest BCUT2D eigenvalue weighted by molar-refractivity contribution is -0.126. The maximum Gasteiger partial charge on any atom is 0.247 e. The molecule has 2 aromatic rings. The van der Waals surface area contributed by atoms with Gasteiger partial charge in [-0.25, -0.2) is 0 Å². The van der Waals surface area contributed by atoms with E-state index in [9.17, 15) is 4.79 Å². The molecular weight excluding hydrogens is 272 g/mol. The predicted octanol–water partition coefficient (Wildman–Crippen LogP) is 3.06. The minimum Gasteiger partial charge on any atom is -0.318 e. The normalized spacial score (nSPS) is 21.8. The zero-order chi connectivity index (χ0) is 14.3. The molecule has 1 amide bonds. The number of β-lactam (4-membered cyclic amide) rings is 1. The molecule has 2 atom stereocenters. The fourth-order valence-corrected chi connectivity index (χ4v) is 2.72. The van der Waals surface area contributed by atoms with E-state index >= 15 is 0 Å². The first-order chi connectivity index (χ1) is 9.58. The quantitative estimate of drug-likeness (QED) is 0.863. The van der Waals surface area contributed by atoms with Gasteiger partial charge in [0.05, 0.1) is 6.04 Å². The van der Waals surface area contributed by atoms with Crippen molar-refractivity contribution in [2.45, 2.75) is 19.0 Å². The van der Waals surface area contributed by atoms with Crippen LogP contribution in [-0.4, -0.2) is 11.9 Å². The van der Waals surface area contributed by atoms with Gasteiger partial charge in [0.2, 0.25) is 5.91 Å². The van der Waals surface area contributed by atoms with Crippen molar-refractivity contribution in [3.05, 3.63) is 64.7 Å². The molecule has 1 aliphatic heterocycles. The minimum atomic E-state index is -0.489. The van der Waals surface area contributed by atoms with E-state index in [4.69, 9.17) is 17.3 Å². The van der Waals surface area contributed by atoms with Crippen LogP contribution in [0.25, 0.3) is 0 Å². The second-order valence-corrected chi connectivity index (χ2v) is 5.51. The van der Waals surface area contributed by atoms with Gasteiger partial charge in [-0.2, -0.15) is 0 Å². The molecule has 3 rings (SSSR count). The largest absolute Gasteiger partial charge is 0.318 e. The van der Waals surface area contributed by atoms with Crippen molar-refractivity contribution in [2.75, 3.05) is 4.90 Å². The van der Waals surface area contributed by atoms with Crippen LogP contribution in [0.2, 0.25) is 5.02 Å². The molecule has 2 N–H and O–H groups in total. The summed E-state index contributed by atoms with van der Waals surface area (Å²) < 4.78 is 0. The minimum absolute atomic E-state index is 0.0458. The van der Waals surface area contributed by atoms with E-state index in [-0.39, 0.29) is 11.9 Å². The van der Waals surface area contributed by atoms with Gasteiger partial charge in [-0.3, -0.25) is 4.79 Å². The number of carbonyl (C=O) groups excluding carboxylic acids is 1. The van der Waals surface area contributed by atoms with E-state index < -0.39 is 6.04 Å². The van der Waals surface area contributed by atoms with Crippen LogP contribution in [-0.2, 0) is 4.79 Å². The highest BCUT2D eigenvalue weighted by atomic mass is 35.5. The average molecular weight is 287 g/mol. The summed E-state index contributed by atoms with van der Waals surface area (Å²) in [5, 5.41) is 0.676. The van der Waals surface area contributed by atoms with Crippen molar-refractivity contribution < 1.29 is 4.79 Å². The Morgan fingerprint density at radius 2 is 1.85 bits per heavy atom. The first kappa shape index (κ1) is 13.2. The third-order valence-electron chi connectivity index (χ3n) is 3.63. The van der Waals surface area contributed by atoms with Crippen LogP contribution >= 0.6 is 11.6 Å². The number of anilines is 1. The summed E-state index contributed by atoms with van der Waals surface area (Å²) in [6, 6.07) is 14.7. The Hall–Kier alpha value is -1.84. The van der Waals surface area contributed by atoms with Crippen LogP contribution in [0.1, 0.15) is 17.2 Å². The number of aryl methyl sites for hydroxylation is 1.